The van der Waals surface area contributed by atoms with Crippen LogP contribution in [-0.4, -0.2) is 48.8 Å². The van der Waals surface area contributed by atoms with Gasteiger partial charge < -0.3 is 4.90 Å². The second-order valence-electron chi connectivity index (χ2n) is 8.30. The van der Waals surface area contributed by atoms with Crippen LogP contribution in [-0.2, 0) is 0 Å². The predicted molar refractivity (Wildman–Crippen MR) is 143 cm³/mol. The Hall–Kier alpha value is -3.06. The van der Waals surface area contributed by atoms with Crippen molar-refractivity contribution >= 4 is 50.8 Å². The summed E-state index contributed by atoms with van der Waals surface area (Å²) in [6.07, 6.45) is 0.832. The number of ketones is 1. The zero-order chi connectivity index (χ0) is 23.4. The molecule has 0 fully saturated rings. The van der Waals surface area contributed by atoms with Crippen LogP contribution in [0, 0.1) is 6.92 Å². The van der Waals surface area contributed by atoms with Gasteiger partial charge in [-0.15, -0.1) is 12.4 Å². The Bertz CT molecular complexity index is 1270. The van der Waals surface area contributed by atoms with E-state index in [0.717, 1.165) is 28.7 Å². The standard InChI is InChI=1S/C27H27N3O2S.ClH/c1-19-9-7-12-23-24(19)28-27(33-23)30(18-8-17-29(2)3)26(32)22-15-13-21(14-16-22)25(31)20-10-5-4-6-11-20;/h4-7,9-16H,8,17-18H2,1-3H3;1H. The molecule has 0 aliphatic rings. The van der Waals surface area contributed by atoms with Gasteiger partial charge in [-0.3, -0.25) is 14.5 Å². The highest BCUT2D eigenvalue weighted by molar-refractivity contribution is 7.22. The van der Waals surface area contributed by atoms with E-state index in [1.54, 1.807) is 41.3 Å². The number of carbonyl (C=O) groups is 2. The summed E-state index contributed by atoms with van der Waals surface area (Å²) in [6, 6.07) is 22.2. The smallest absolute Gasteiger partial charge is 0.260 e. The first kappa shape index (κ1) is 25.6. The van der Waals surface area contributed by atoms with Gasteiger partial charge in [-0.25, -0.2) is 4.98 Å². The van der Waals surface area contributed by atoms with Gasteiger partial charge in [0, 0.05) is 23.2 Å². The van der Waals surface area contributed by atoms with E-state index in [1.165, 1.54) is 11.3 Å². The molecule has 1 heterocycles. The van der Waals surface area contributed by atoms with Gasteiger partial charge in [0.15, 0.2) is 10.9 Å². The van der Waals surface area contributed by atoms with Gasteiger partial charge in [0.05, 0.1) is 10.2 Å². The van der Waals surface area contributed by atoms with Crippen LogP contribution in [0.3, 0.4) is 0 Å². The number of nitrogens with zero attached hydrogens (tertiary/aromatic N) is 3. The maximum Gasteiger partial charge on any atom is 0.260 e. The first-order valence-electron chi connectivity index (χ1n) is 11.0. The zero-order valence-corrected chi connectivity index (χ0v) is 21.2. The number of anilines is 1. The Morgan fingerprint density at radius 2 is 1.47 bits per heavy atom. The van der Waals surface area contributed by atoms with Crippen LogP contribution >= 0.6 is 23.7 Å². The largest absolute Gasteiger partial charge is 0.309 e. The molecule has 0 radical (unpaired) electrons. The zero-order valence-electron chi connectivity index (χ0n) is 19.5. The Morgan fingerprint density at radius 1 is 0.824 bits per heavy atom. The minimum absolute atomic E-state index is 0. The number of hydrogen-bond acceptors (Lipinski definition) is 5. The number of fused-ring (bicyclic) bond motifs is 1. The summed E-state index contributed by atoms with van der Waals surface area (Å²) < 4.78 is 1.07. The quantitative estimate of drug-likeness (QED) is 0.289. The van der Waals surface area contributed by atoms with Crippen LogP contribution in [0.25, 0.3) is 10.2 Å². The minimum atomic E-state index is -0.107. The maximum absolute atomic E-state index is 13.5. The van der Waals surface area contributed by atoms with E-state index in [1.807, 2.05) is 57.4 Å². The van der Waals surface area contributed by atoms with Gasteiger partial charge in [-0.05, 0) is 57.7 Å². The van der Waals surface area contributed by atoms with Crippen molar-refractivity contribution < 1.29 is 9.59 Å². The summed E-state index contributed by atoms with van der Waals surface area (Å²) in [4.78, 5) is 34.9. The van der Waals surface area contributed by atoms with Crippen LogP contribution in [0.1, 0.15) is 38.3 Å². The molecular weight excluding hydrogens is 466 g/mol. The van der Waals surface area contributed by atoms with E-state index in [0.29, 0.717) is 28.4 Å². The van der Waals surface area contributed by atoms with Crippen molar-refractivity contribution in [2.45, 2.75) is 13.3 Å². The molecule has 3 aromatic carbocycles. The molecule has 0 unspecified atom stereocenters. The number of aromatic nitrogens is 1. The number of carbonyl (C=O) groups excluding carboxylic acids is 2. The lowest BCUT2D eigenvalue weighted by molar-refractivity contribution is 0.0983. The first-order valence-corrected chi connectivity index (χ1v) is 11.8. The van der Waals surface area contributed by atoms with Crippen LogP contribution in [0.4, 0.5) is 5.13 Å². The Morgan fingerprint density at radius 3 is 2.12 bits per heavy atom. The molecule has 0 saturated heterocycles. The van der Waals surface area contributed by atoms with Gasteiger partial charge in [-0.1, -0.05) is 65.9 Å². The third kappa shape index (κ3) is 5.70. The number of halogens is 1. The van der Waals surface area contributed by atoms with E-state index in [4.69, 9.17) is 4.98 Å². The molecule has 1 aromatic heterocycles. The third-order valence-corrected chi connectivity index (χ3v) is 6.55. The van der Waals surface area contributed by atoms with Gasteiger partial charge in [0.1, 0.15) is 0 Å². The summed E-state index contributed by atoms with van der Waals surface area (Å²) >= 11 is 1.53. The number of rotatable bonds is 8. The van der Waals surface area contributed by atoms with Crippen LogP contribution in [0.2, 0.25) is 0 Å². The molecule has 0 saturated carbocycles. The fraction of sp³-hybridized carbons (Fsp3) is 0.222. The highest BCUT2D eigenvalue weighted by Gasteiger charge is 2.22. The van der Waals surface area contributed by atoms with Crippen molar-refractivity contribution in [1.29, 1.82) is 0 Å². The number of benzene rings is 3. The van der Waals surface area contributed by atoms with Crippen LogP contribution in [0.15, 0.2) is 72.8 Å². The fourth-order valence-electron chi connectivity index (χ4n) is 3.70. The van der Waals surface area contributed by atoms with Crippen LogP contribution in [0.5, 0.6) is 0 Å². The number of thiazole rings is 1. The summed E-state index contributed by atoms with van der Waals surface area (Å²) in [5, 5.41) is 0.701. The van der Waals surface area contributed by atoms with E-state index in [9.17, 15) is 9.59 Å². The monoisotopic (exact) mass is 493 g/mol. The molecule has 0 aliphatic carbocycles. The molecule has 0 bridgehead atoms. The van der Waals surface area contributed by atoms with Gasteiger partial charge in [-0.2, -0.15) is 0 Å². The van der Waals surface area contributed by atoms with Gasteiger partial charge >= 0.3 is 0 Å². The van der Waals surface area contributed by atoms with Crippen molar-refractivity contribution in [2.75, 3.05) is 32.1 Å². The lowest BCUT2D eigenvalue weighted by Crippen LogP contribution is -2.33. The molecule has 34 heavy (non-hydrogen) atoms. The average Bonchev–Trinajstić information content (AvgIpc) is 3.27. The molecule has 4 rings (SSSR count). The second-order valence-corrected chi connectivity index (χ2v) is 9.31. The molecule has 0 aliphatic heterocycles. The summed E-state index contributed by atoms with van der Waals surface area (Å²) in [7, 11) is 4.05. The molecule has 4 aromatic rings. The fourth-order valence-corrected chi connectivity index (χ4v) is 4.76. The average molecular weight is 494 g/mol. The predicted octanol–water partition coefficient (Wildman–Crippen LogP) is 5.86. The lowest BCUT2D eigenvalue weighted by Gasteiger charge is -2.21. The second kappa shape index (κ2) is 11.4. The molecular formula is C27H28ClN3O2S. The molecule has 0 spiro atoms. The van der Waals surface area contributed by atoms with Crippen molar-refractivity contribution in [3.63, 3.8) is 0 Å². The highest BCUT2D eigenvalue weighted by atomic mass is 35.5. The number of amides is 1. The maximum atomic E-state index is 13.5. The highest BCUT2D eigenvalue weighted by Crippen LogP contribution is 2.31. The van der Waals surface area contributed by atoms with Crippen molar-refractivity contribution in [1.82, 2.24) is 9.88 Å². The molecule has 0 atom stereocenters. The normalized spacial score (nSPS) is 10.8. The van der Waals surface area contributed by atoms with Crippen molar-refractivity contribution in [3.05, 3.63) is 95.1 Å². The Balaban J connectivity index is 0.00000324. The third-order valence-electron chi connectivity index (χ3n) is 5.50. The molecule has 176 valence electrons. The van der Waals surface area contributed by atoms with E-state index < -0.39 is 0 Å². The van der Waals surface area contributed by atoms with Crippen molar-refractivity contribution in [2.24, 2.45) is 0 Å². The summed E-state index contributed by atoms with van der Waals surface area (Å²) in [6.45, 7) is 3.48. The number of para-hydroxylation sites is 1. The lowest BCUT2D eigenvalue weighted by atomic mass is 10.0. The summed E-state index contributed by atoms with van der Waals surface area (Å²) in [5.74, 6) is -0.164. The number of aryl methyl sites for hydroxylation is 1. The number of hydrogen-bond donors (Lipinski definition) is 0. The topological polar surface area (TPSA) is 53.5 Å². The van der Waals surface area contributed by atoms with Crippen LogP contribution < -0.4 is 4.90 Å². The van der Waals surface area contributed by atoms with Gasteiger partial charge in [0.2, 0.25) is 0 Å². The molecule has 0 N–H and O–H groups in total. The van der Waals surface area contributed by atoms with E-state index in [-0.39, 0.29) is 24.1 Å². The molecule has 7 heteroatoms. The van der Waals surface area contributed by atoms with Gasteiger partial charge in [0.25, 0.3) is 5.91 Å². The first-order chi connectivity index (χ1) is 15.9. The van der Waals surface area contributed by atoms with Crippen molar-refractivity contribution in [3.8, 4) is 0 Å². The molecule has 1 amide bonds. The SMILES string of the molecule is Cc1cccc2sc(N(CCCN(C)C)C(=O)c3ccc(C(=O)c4ccccc4)cc3)nc12.Cl. The van der Waals surface area contributed by atoms with E-state index >= 15 is 0 Å². The molecule has 5 nitrogen and oxygen atoms in total. The Kier molecular flexibility index (Phi) is 8.56. The minimum Gasteiger partial charge on any atom is -0.309 e. The summed E-state index contributed by atoms with van der Waals surface area (Å²) in [5.41, 5.74) is 3.77. The Labute approximate surface area is 210 Å². The van der Waals surface area contributed by atoms with E-state index in [2.05, 4.69) is 4.90 Å².